The van der Waals surface area contributed by atoms with Crippen LogP contribution < -0.4 is 5.73 Å². The first-order chi connectivity index (χ1) is 8.11. The Morgan fingerprint density at radius 1 is 1.65 bits per heavy atom. The Balaban J connectivity index is 2.04. The van der Waals surface area contributed by atoms with E-state index in [-0.39, 0.29) is 5.91 Å². The van der Waals surface area contributed by atoms with Crippen LogP contribution in [0.4, 0.5) is 5.69 Å². The van der Waals surface area contributed by atoms with E-state index < -0.39 is 0 Å². The van der Waals surface area contributed by atoms with Crippen molar-refractivity contribution < 1.29 is 4.79 Å². The van der Waals surface area contributed by atoms with E-state index in [1.54, 1.807) is 17.9 Å². The highest BCUT2D eigenvalue weighted by atomic mass is 16.2. The molecule has 1 aliphatic rings. The monoisotopic (exact) mass is 236 g/mol. The van der Waals surface area contributed by atoms with E-state index in [1.807, 2.05) is 4.90 Å². The number of nitrogens with zero attached hydrogens (tertiary/aromatic N) is 3. The summed E-state index contributed by atoms with van der Waals surface area (Å²) in [6, 6.07) is 0. The van der Waals surface area contributed by atoms with Gasteiger partial charge in [-0.1, -0.05) is 13.3 Å². The Kier molecular flexibility index (Phi) is 3.36. The lowest BCUT2D eigenvalue weighted by Crippen LogP contribution is -2.29. The van der Waals surface area contributed by atoms with Crippen molar-refractivity contribution in [3.05, 3.63) is 11.9 Å². The Morgan fingerprint density at radius 2 is 2.41 bits per heavy atom. The minimum atomic E-state index is -0.0262. The molecule has 2 N–H and O–H groups in total. The first kappa shape index (κ1) is 12.0. The zero-order valence-corrected chi connectivity index (χ0v) is 10.5. The number of rotatable bonds is 3. The number of nitrogens with two attached hydrogens (primary N) is 1. The van der Waals surface area contributed by atoms with E-state index in [0.717, 1.165) is 19.5 Å². The topological polar surface area (TPSA) is 64.2 Å². The second-order valence-corrected chi connectivity index (χ2v) is 4.80. The van der Waals surface area contributed by atoms with Gasteiger partial charge in [0.15, 0.2) is 5.69 Å². The zero-order chi connectivity index (χ0) is 12.4. The molecular weight excluding hydrogens is 216 g/mol. The average Bonchev–Trinajstić information content (AvgIpc) is 2.85. The van der Waals surface area contributed by atoms with Gasteiger partial charge in [0.1, 0.15) is 0 Å². The summed E-state index contributed by atoms with van der Waals surface area (Å²) in [5, 5.41) is 4.13. The quantitative estimate of drug-likeness (QED) is 0.859. The van der Waals surface area contributed by atoms with E-state index in [4.69, 9.17) is 5.73 Å². The second kappa shape index (κ2) is 4.77. The fraction of sp³-hybridized carbons (Fsp3) is 0.667. The van der Waals surface area contributed by atoms with Gasteiger partial charge in [0.2, 0.25) is 0 Å². The number of aryl methyl sites for hydroxylation is 1. The third kappa shape index (κ3) is 2.43. The lowest BCUT2D eigenvalue weighted by Gasteiger charge is -2.15. The van der Waals surface area contributed by atoms with Crippen LogP contribution >= 0.6 is 0 Å². The summed E-state index contributed by atoms with van der Waals surface area (Å²) in [5.74, 6) is 0.621. The molecule has 0 bridgehead atoms. The molecule has 2 rings (SSSR count). The standard InChI is InChI=1S/C12H20N4O/c1-3-4-9-5-6-16(7-9)12(17)11-10(13)8-15(2)14-11/h8-9H,3-7,13H2,1-2H3. The molecule has 1 unspecified atom stereocenters. The van der Waals surface area contributed by atoms with Crippen molar-refractivity contribution in [2.75, 3.05) is 18.8 Å². The Bertz CT molecular complexity index is 413. The Hall–Kier alpha value is -1.52. The first-order valence-electron chi connectivity index (χ1n) is 6.20. The van der Waals surface area contributed by atoms with Crippen LogP contribution in [-0.4, -0.2) is 33.7 Å². The van der Waals surface area contributed by atoms with Crippen LogP contribution in [0.3, 0.4) is 0 Å². The maximum atomic E-state index is 12.2. The van der Waals surface area contributed by atoms with Crippen LogP contribution in [0.1, 0.15) is 36.7 Å². The summed E-state index contributed by atoms with van der Waals surface area (Å²) in [4.78, 5) is 14.1. The minimum Gasteiger partial charge on any atom is -0.396 e. The molecule has 1 aromatic rings. The maximum absolute atomic E-state index is 12.2. The van der Waals surface area contributed by atoms with Crippen LogP contribution in [0.2, 0.25) is 0 Å². The van der Waals surface area contributed by atoms with Gasteiger partial charge in [0.05, 0.1) is 5.69 Å². The molecule has 17 heavy (non-hydrogen) atoms. The number of hydrogen-bond donors (Lipinski definition) is 1. The molecule has 94 valence electrons. The maximum Gasteiger partial charge on any atom is 0.276 e. The van der Waals surface area contributed by atoms with Crippen LogP contribution in [-0.2, 0) is 7.05 Å². The van der Waals surface area contributed by atoms with Gasteiger partial charge in [-0.05, 0) is 18.8 Å². The Labute approximate surface area is 102 Å². The van der Waals surface area contributed by atoms with Crippen molar-refractivity contribution >= 4 is 11.6 Å². The van der Waals surface area contributed by atoms with Gasteiger partial charge in [-0.2, -0.15) is 5.10 Å². The molecule has 5 heteroatoms. The predicted octanol–water partition coefficient (Wildman–Crippen LogP) is 1.26. The third-order valence-corrected chi connectivity index (χ3v) is 3.33. The van der Waals surface area contributed by atoms with Crippen molar-refractivity contribution in [1.82, 2.24) is 14.7 Å². The van der Waals surface area contributed by atoms with Crippen LogP contribution in [0.15, 0.2) is 6.20 Å². The molecule has 0 aliphatic carbocycles. The van der Waals surface area contributed by atoms with Gasteiger partial charge in [0, 0.05) is 26.3 Å². The summed E-state index contributed by atoms with van der Waals surface area (Å²) >= 11 is 0. The van der Waals surface area contributed by atoms with Gasteiger partial charge in [-0.15, -0.1) is 0 Å². The normalized spacial score (nSPS) is 19.9. The van der Waals surface area contributed by atoms with Crippen molar-refractivity contribution in [1.29, 1.82) is 0 Å². The summed E-state index contributed by atoms with van der Waals surface area (Å²) in [7, 11) is 1.77. The van der Waals surface area contributed by atoms with Gasteiger partial charge in [0.25, 0.3) is 5.91 Å². The summed E-state index contributed by atoms with van der Waals surface area (Å²) in [6.45, 7) is 3.86. The lowest BCUT2D eigenvalue weighted by molar-refractivity contribution is 0.0781. The van der Waals surface area contributed by atoms with Crippen molar-refractivity contribution in [2.45, 2.75) is 26.2 Å². The molecule has 0 aromatic carbocycles. The molecule has 1 atom stereocenters. The summed E-state index contributed by atoms with van der Waals surface area (Å²) in [6.07, 6.45) is 5.15. The fourth-order valence-corrected chi connectivity index (χ4v) is 2.48. The number of amides is 1. The van der Waals surface area contributed by atoms with Gasteiger partial charge in [-0.25, -0.2) is 0 Å². The average molecular weight is 236 g/mol. The van der Waals surface area contributed by atoms with Crippen molar-refractivity contribution in [2.24, 2.45) is 13.0 Å². The molecular formula is C12H20N4O. The minimum absolute atomic E-state index is 0.0262. The largest absolute Gasteiger partial charge is 0.396 e. The van der Waals surface area contributed by atoms with E-state index in [1.165, 1.54) is 12.8 Å². The smallest absolute Gasteiger partial charge is 0.276 e. The van der Waals surface area contributed by atoms with E-state index >= 15 is 0 Å². The van der Waals surface area contributed by atoms with Crippen LogP contribution in [0, 0.1) is 5.92 Å². The molecule has 5 nitrogen and oxygen atoms in total. The highest BCUT2D eigenvalue weighted by Gasteiger charge is 2.28. The van der Waals surface area contributed by atoms with Crippen LogP contribution in [0.25, 0.3) is 0 Å². The second-order valence-electron chi connectivity index (χ2n) is 4.80. The molecule has 1 amide bonds. The van der Waals surface area contributed by atoms with Gasteiger partial charge in [-0.3, -0.25) is 9.48 Å². The molecule has 2 heterocycles. The SMILES string of the molecule is CCCC1CCN(C(=O)c2nn(C)cc2N)C1. The molecule has 0 saturated carbocycles. The first-order valence-corrected chi connectivity index (χ1v) is 6.20. The molecule has 1 aliphatic heterocycles. The third-order valence-electron chi connectivity index (χ3n) is 3.33. The molecule has 1 fully saturated rings. The number of nitrogen functional groups attached to an aromatic ring is 1. The molecule has 1 aromatic heterocycles. The zero-order valence-electron chi connectivity index (χ0n) is 10.5. The van der Waals surface area contributed by atoms with Crippen LogP contribution in [0.5, 0.6) is 0 Å². The Morgan fingerprint density at radius 3 is 3.00 bits per heavy atom. The number of carbonyl (C=O) groups is 1. The summed E-state index contributed by atoms with van der Waals surface area (Å²) < 4.78 is 1.59. The van der Waals surface area contributed by atoms with Gasteiger partial charge < -0.3 is 10.6 Å². The predicted molar refractivity (Wildman–Crippen MR) is 66.5 cm³/mol. The lowest BCUT2D eigenvalue weighted by atomic mass is 10.0. The number of anilines is 1. The van der Waals surface area contributed by atoms with E-state index in [0.29, 0.717) is 17.3 Å². The highest BCUT2D eigenvalue weighted by Crippen LogP contribution is 2.23. The number of carbonyl (C=O) groups excluding carboxylic acids is 1. The highest BCUT2D eigenvalue weighted by molar-refractivity contribution is 5.97. The molecule has 0 spiro atoms. The number of likely N-dealkylation sites (tertiary alicyclic amines) is 1. The molecule has 1 saturated heterocycles. The van der Waals surface area contributed by atoms with E-state index in [2.05, 4.69) is 12.0 Å². The van der Waals surface area contributed by atoms with Crippen molar-refractivity contribution in [3.8, 4) is 0 Å². The van der Waals surface area contributed by atoms with Gasteiger partial charge >= 0.3 is 0 Å². The number of aromatic nitrogens is 2. The molecule has 0 radical (unpaired) electrons. The van der Waals surface area contributed by atoms with Crippen molar-refractivity contribution in [3.63, 3.8) is 0 Å². The fourth-order valence-electron chi connectivity index (χ4n) is 2.48. The summed E-state index contributed by atoms with van der Waals surface area (Å²) in [5.41, 5.74) is 6.63. The number of hydrogen-bond acceptors (Lipinski definition) is 3. The van der Waals surface area contributed by atoms with E-state index in [9.17, 15) is 4.79 Å².